The zero-order chi connectivity index (χ0) is 55.2. The molecule has 2 saturated heterocycles. The minimum atomic E-state index is -2.47. The average molecular weight is 1060 g/mol. The number of methoxy groups -OCH3 is 4. The quantitative estimate of drug-likeness (QED) is 0.0698. The van der Waals surface area contributed by atoms with Gasteiger partial charge in [0.1, 0.15) is 30.1 Å². The molecular weight excluding hydrogens is 967 g/mol. The van der Waals surface area contributed by atoms with E-state index in [0.29, 0.717) is 76.8 Å². The third kappa shape index (κ3) is 18.8. The van der Waals surface area contributed by atoms with Crippen LogP contribution in [0.3, 0.4) is 0 Å². The Morgan fingerprint density at radius 2 is 1.51 bits per heavy atom. The van der Waals surface area contributed by atoms with Gasteiger partial charge in [-0.1, -0.05) is 71.1 Å². The first-order valence-corrected chi connectivity index (χ1v) is 27.5. The molecule has 2 bridgehead atoms. The van der Waals surface area contributed by atoms with Crippen molar-refractivity contribution in [3.63, 3.8) is 0 Å². The predicted octanol–water partition coefficient (Wildman–Crippen LogP) is 6.88. The minimum absolute atomic E-state index is 0.0309. The molecule has 1 aliphatic carbocycles. The zero-order valence-electron chi connectivity index (χ0n) is 47.0. The summed E-state index contributed by atoms with van der Waals surface area (Å²) in [5, 5.41) is 21.6. The Balaban J connectivity index is 1.72. The molecule has 3 heterocycles. The van der Waals surface area contributed by atoms with Crippen LogP contribution in [0.5, 0.6) is 0 Å². The van der Waals surface area contributed by atoms with Gasteiger partial charge < -0.3 is 57.7 Å². The van der Waals surface area contributed by atoms with Gasteiger partial charge in [-0.25, -0.2) is 4.79 Å². The molecule has 1 saturated carbocycles. The van der Waals surface area contributed by atoms with E-state index in [-0.39, 0.29) is 93.1 Å². The number of Topliss-reactive ketones (excluding diaryl/α,β-unsaturated/α-hetero) is 3. The van der Waals surface area contributed by atoms with Crippen molar-refractivity contribution in [2.24, 2.45) is 35.5 Å². The molecule has 0 unspecified atom stereocenters. The summed E-state index contributed by atoms with van der Waals surface area (Å²) in [6.07, 6.45) is 12.9. The molecule has 0 aromatic rings. The number of esters is 1. The Bertz CT molecular complexity index is 1930. The molecule has 75 heavy (non-hydrogen) atoms. The molecule has 4 rings (SSSR count). The lowest BCUT2D eigenvalue weighted by molar-refractivity contribution is -0.266. The van der Waals surface area contributed by atoms with E-state index in [1.165, 1.54) is 19.1 Å². The number of hydrogen-bond acceptors (Lipinski definition) is 16. The number of hydrogen-bond donors (Lipinski definition) is 2. The Hall–Kier alpha value is -3.49. The van der Waals surface area contributed by atoms with E-state index in [0.717, 1.165) is 12.0 Å². The van der Waals surface area contributed by atoms with Gasteiger partial charge in [-0.15, -0.1) is 0 Å². The van der Waals surface area contributed by atoms with Crippen LogP contribution in [-0.4, -0.2) is 174 Å². The van der Waals surface area contributed by atoms with E-state index in [1.54, 1.807) is 34.1 Å². The van der Waals surface area contributed by atoms with Gasteiger partial charge >= 0.3 is 5.97 Å². The van der Waals surface area contributed by atoms with E-state index in [9.17, 15) is 34.2 Å². The molecule has 17 heteroatoms. The van der Waals surface area contributed by atoms with E-state index < -0.39 is 71.8 Å². The van der Waals surface area contributed by atoms with Crippen LogP contribution >= 0.6 is 0 Å². The molecule has 0 aromatic carbocycles. The number of fused-ring (bicyclic) bond motifs is 3. The molecule has 4 aliphatic rings. The number of carbonyl (C=O) groups excluding carboxylic acids is 5. The van der Waals surface area contributed by atoms with E-state index >= 15 is 0 Å². The summed E-state index contributed by atoms with van der Waals surface area (Å²) < 4.78 is 53.3. The second kappa shape index (κ2) is 32.4. The fourth-order valence-corrected chi connectivity index (χ4v) is 11.2. The first-order valence-electron chi connectivity index (χ1n) is 27.5. The molecule has 3 fully saturated rings. The molecule has 426 valence electrons. The first kappa shape index (κ1) is 64.0. The van der Waals surface area contributed by atoms with Gasteiger partial charge in [0.2, 0.25) is 5.79 Å². The predicted molar refractivity (Wildman–Crippen MR) is 282 cm³/mol. The van der Waals surface area contributed by atoms with Crippen LogP contribution in [0.15, 0.2) is 47.6 Å². The lowest BCUT2D eigenvalue weighted by atomic mass is 9.78. The van der Waals surface area contributed by atoms with Crippen molar-refractivity contribution < 1.29 is 76.8 Å². The average Bonchev–Trinajstić information content (AvgIpc) is 3.39. The summed E-state index contributed by atoms with van der Waals surface area (Å²) in [4.78, 5) is 73.3. The molecule has 0 radical (unpaired) electrons. The monoisotopic (exact) mass is 1060 g/mol. The molecule has 0 spiro atoms. The van der Waals surface area contributed by atoms with Gasteiger partial charge in [0, 0.05) is 65.6 Å². The fourth-order valence-electron chi connectivity index (χ4n) is 11.2. The summed E-state index contributed by atoms with van der Waals surface area (Å²) in [6.45, 7) is 14.6. The molecule has 15 atom stereocenters. The molecular formula is C58H93NO16. The Morgan fingerprint density at radius 1 is 0.773 bits per heavy atom. The fraction of sp³-hybridized carbons (Fsp3) is 0.776. The van der Waals surface area contributed by atoms with Crippen molar-refractivity contribution >= 4 is 29.2 Å². The maximum absolute atomic E-state index is 14.6. The van der Waals surface area contributed by atoms with Crippen molar-refractivity contribution in [3.8, 4) is 0 Å². The molecule has 2 N–H and O–H groups in total. The smallest absolute Gasteiger partial charge is 0.329 e. The van der Waals surface area contributed by atoms with Gasteiger partial charge in [-0.05, 0) is 107 Å². The third-order valence-electron chi connectivity index (χ3n) is 15.8. The Morgan fingerprint density at radius 3 is 2.20 bits per heavy atom. The van der Waals surface area contributed by atoms with Gasteiger partial charge in [-0.2, -0.15) is 0 Å². The first-order chi connectivity index (χ1) is 35.8. The number of carbonyl (C=O) groups is 5. The van der Waals surface area contributed by atoms with Gasteiger partial charge in [0.05, 0.1) is 64.1 Å². The van der Waals surface area contributed by atoms with Crippen molar-refractivity contribution in [2.45, 2.75) is 180 Å². The lowest BCUT2D eigenvalue weighted by Gasteiger charge is -2.43. The van der Waals surface area contributed by atoms with E-state index in [4.69, 9.17) is 42.6 Å². The third-order valence-corrected chi connectivity index (χ3v) is 15.8. The molecule has 0 aromatic heterocycles. The Labute approximate surface area is 447 Å². The number of nitrogens with zero attached hydrogens (tertiary/aromatic N) is 1. The number of amides is 1. The maximum Gasteiger partial charge on any atom is 0.329 e. The van der Waals surface area contributed by atoms with Crippen LogP contribution in [0.1, 0.15) is 126 Å². The number of ether oxygens (including phenoxy) is 9. The highest BCUT2D eigenvalue weighted by Gasteiger charge is 2.53. The van der Waals surface area contributed by atoms with Crippen LogP contribution in [-0.2, 0) is 66.6 Å². The summed E-state index contributed by atoms with van der Waals surface area (Å²) in [5.41, 5.74) is 1.49. The standard InChI is InChI=1S/C58H93NO16/c1-37-17-13-12-14-18-38(2)49(73-30-29-71-28-27-67-8)35-45-22-20-43(7)58(66,75-45)55(63)56(64)59-24-16-15-19-46(59)57(65)74-50(40(4)33-44-21-23-48(72-26-25-60)51(34-44)68-9)36-47(61)39(3)32-42(6)53(69-10)54(70-11)52(62)41(5)31-37/h12-14,17-18,32,37,39-41,43-46,48-51,53-54,60,66H,15-16,19-31,33-36H2,1-11H3/b14-12?,17-13+,38-18?,42-32+/t37-,39-,40-,41-,43-,44+,45+,46+,48-,49+,50+,51-,53-,54+,58-/m1/s1. The van der Waals surface area contributed by atoms with Gasteiger partial charge in [0.15, 0.2) is 5.78 Å². The number of piperidine rings is 1. The van der Waals surface area contributed by atoms with E-state index in [2.05, 4.69) is 0 Å². The maximum atomic E-state index is 14.6. The number of allylic oxidation sites excluding steroid dienone is 6. The molecule has 17 nitrogen and oxygen atoms in total. The highest BCUT2D eigenvalue weighted by molar-refractivity contribution is 6.39. The van der Waals surface area contributed by atoms with Crippen molar-refractivity contribution in [1.29, 1.82) is 0 Å². The lowest BCUT2D eigenvalue weighted by Crippen LogP contribution is -2.61. The zero-order valence-corrected chi connectivity index (χ0v) is 47.0. The van der Waals surface area contributed by atoms with E-state index in [1.807, 2.05) is 65.0 Å². The van der Waals surface area contributed by atoms with Crippen LogP contribution in [0.4, 0.5) is 0 Å². The summed E-state index contributed by atoms with van der Waals surface area (Å²) in [6, 6.07) is -1.15. The largest absolute Gasteiger partial charge is 0.460 e. The second-order valence-electron chi connectivity index (χ2n) is 21.6. The highest BCUT2D eigenvalue weighted by Crippen LogP contribution is 2.38. The van der Waals surface area contributed by atoms with Gasteiger partial charge in [-0.3, -0.25) is 19.2 Å². The van der Waals surface area contributed by atoms with Crippen molar-refractivity contribution in [1.82, 2.24) is 4.90 Å². The highest BCUT2D eigenvalue weighted by atomic mass is 16.6. The van der Waals surface area contributed by atoms with Gasteiger partial charge in [0.25, 0.3) is 11.7 Å². The van der Waals surface area contributed by atoms with Crippen LogP contribution in [0.2, 0.25) is 0 Å². The molecule has 3 aliphatic heterocycles. The molecule has 1 amide bonds. The van der Waals surface area contributed by atoms with Crippen LogP contribution in [0.25, 0.3) is 0 Å². The minimum Gasteiger partial charge on any atom is -0.460 e. The summed E-state index contributed by atoms with van der Waals surface area (Å²) in [5.74, 6) is -7.67. The van der Waals surface area contributed by atoms with Crippen LogP contribution < -0.4 is 0 Å². The number of aliphatic hydroxyl groups excluding tert-OH is 1. The topological polar surface area (TPSA) is 212 Å². The normalized spacial score (nSPS) is 35.5. The van der Waals surface area contributed by atoms with Crippen molar-refractivity contribution in [3.05, 3.63) is 47.6 Å². The number of cyclic esters (lactones) is 1. The SMILES string of the molecule is COCCOCCO[C@H]1C[C@@H]2CC[C@@H](C)[C@@](O)(O2)C(=O)C(=O)N2CCCC[C@H]2C(=O)O[C@H]([C@H](C)C[C@@H]2CC[C@@H](OCCO)[C@H](OC)C2)CC(=O)[C@H](C)/C=C(\C)[C@@H](OC)[C@@H](OC)C(=O)[C@H](C)C[C@H](C)/C=C/C=CC=C1C. The number of ketones is 3. The van der Waals surface area contributed by atoms with Crippen LogP contribution in [0, 0.1) is 35.5 Å². The Kier molecular flexibility index (Phi) is 27.7. The summed E-state index contributed by atoms with van der Waals surface area (Å²) >= 11 is 0. The number of rotatable bonds is 16. The summed E-state index contributed by atoms with van der Waals surface area (Å²) in [7, 11) is 6.22. The van der Waals surface area contributed by atoms with Crippen molar-refractivity contribution in [2.75, 3.05) is 74.6 Å². The second-order valence-corrected chi connectivity index (χ2v) is 21.6. The number of aliphatic hydroxyl groups is 2.